The maximum atomic E-state index is 6.14. The van der Waals surface area contributed by atoms with Gasteiger partial charge in [0.2, 0.25) is 0 Å². The summed E-state index contributed by atoms with van der Waals surface area (Å²) in [5, 5.41) is 0. The van der Waals surface area contributed by atoms with Crippen LogP contribution >= 0.6 is 0 Å². The summed E-state index contributed by atoms with van der Waals surface area (Å²) in [6.07, 6.45) is 22.3. The second-order valence-electron chi connectivity index (χ2n) is 10.3. The quantitative estimate of drug-likeness (QED) is 0.253. The number of unbranched alkanes of at least 4 members (excludes halogenated alkanes) is 7. The Morgan fingerprint density at radius 2 is 1.39 bits per heavy atom. The fourth-order valence-electron chi connectivity index (χ4n) is 5.14. The van der Waals surface area contributed by atoms with Crippen LogP contribution in [0.15, 0.2) is 42.6 Å². The van der Waals surface area contributed by atoms with Gasteiger partial charge < -0.3 is 4.74 Å². The van der Waals surface area contributed by atoms with E-state index in [4.69, 9.17) is 9.72 Å². The molecule has 1 saturated carbocycles. The molecule has 1 aromatic carbocycles. The summed E-state index contributed by atoms with van der Waals surface area (Å²) < 4.78 is 6.14. The molecule has 2 nitrogen and oxygen atoms in total. The van der Waals surface area contributed by atoms with E-state index in [1.54, 1.807) is 0 Å². The molecule has 0 saturated heterocycles. The molecule has 0 radical (unpaired) electrons. The SMILES string of the molecule is CCCCCCCCCc1ccc(-c2ccc(OCC3CCC(CCCC)CC3)cc2)nc1. The molecule has 1 aromatic heterocycles. The number of rotatable bonds is 15. The van der Waals surface area contributed by atoms with Crippen LogP contribution in [0.2, 0.25) is 0 Å². The van der Waals surface area contributed by atoms with Gasteiger partial charge >= 0.3 is 0 Å². The van der Waals surface area contributed by atoms with Crippen molar-refractivity contribution in [3.05, 3.63) is 48.2 Å². The summed E-state index contributed by atoms with van der Waals surface area (Å²) >= 11 is 0. The van der Waals surface area contributed by atoms with Crippen LogP contribution in [0.25, 0.3) is 11.3 Å². The molecule has 3 rings (SSSR count). The van der Waals surface area contributed by atoms with E-state index < -0.39 is 0 Å². The van der Waals surface area contributed by atoms with E-state index in [0.29, 0.717) is 0 Å². The van der Waals surface area contributed by atoms with Crippen molar-refractivity contribution in [3.8, 4) is 17.0 Å². The molecule has 182 valence electrons. The van der Waals surface area contributed by atoms with Crippen molar-refractivity contribution in [3.63, 3.8) is 0 Å². The van der Waals surface area contributed by atoms with Gasteiger partial charge in [0, 0.05) is 11.8 Å². The van der Waals surface area contributed by atoms with E-state index in [1.807, 2.05) is 0 Å². The normalized spacial score (nSPS) is 18.4. The lowest BCUT2D eigenvalue weighted by Crippen LogP contribution is -2.20. The molecule has 1 heterocycles. The Hall–Kier alpha value is -1.83. The van der Waals surface area contributed by atoms with E-state index >= 15 is 0 Å². The van der Waals surface area contributed by atoms with Gasteiger partial charge in [0.25, 0.3) is 0 Å². The van der Waals surface area contributed by atoms with Gasteiger partial charge in [-0.05, 0) is 73.4 Å². The van der Waals surface area contributed by atoms with Gasteiger partial charge in [0.1, 0.15) is 5.75 Å². The van der Waals surface area contributed by atoms with E-state index in [9.17, 15) is 0 Å². The first kappa shape index (κ1) is 25.8. The molecular formula is C31H47NO. The molecule has 0 spiro atoms. The van der Waals surface area contributed by atoms with Crippen molar-refractivity contribution in [2.45, 2.75) is 110 Å². The summed E-state index contributed by atoms with van der Waals surface area (Å²) in [6.45, 7) is 5.44. The Bertz CT molecular complexity index is 743. The second kappa shape index (κ2) is 15.1. The molecule has 1 fully saturated rings. The summed E-state index contributed by atoms with van der Waals surface area (Å²) in [5.74, 6) is 2.69. The van der Waals surface area contributed by atoms with Gasteiger partial charge in [-0.2, -0.15) is 0 Å². The topological polar surface area (TPSA) is 22.1 Å². The number of aromatic nitrogens is 1. The highest BCUT2D eigenvalue weighted by Crippen LogP contribution is 2.32. The number of nitrogens with zero attached hydrogens (tertiary/aromatic N) is 1. The maximum absolute atomic E-state index is 6.14. The van der Waals surface area contributed by atoms with Crippen LogP contribution in [-0.4, -0.2) is 11.6 Å². The number of ether oxygens (including phenoxy) is 1. The van der Waals surface area contributed by atoms with Crippen molar-refractivity contribution in [1.29, 1.82) is 0 Å². The first-order valence-electron chi connectivity index (χ1n) is 14.0. The van der Waals surface area contributed by atoms with Gasteiger partial charge in [-0.3, -0.25) is 4.98 Å². The summed E-state index contributed by atoms with van der Waals surface area (Å²) in [4.78, 5) is 4.72. The van der Waals surface area contributed by atoms with Crippen LogP contribution in [0, 0.1) is 11.8 Å². The largest absolute Gasteiger partial charge is 0.493 e. The highest BCUT2D eigenvalue weighted by Gasteiger charge is 2.21. The third-order valence-corrected chi connectivity index (χ3v) is 7.46. The van der Waals surface area contributed by atoms with Crippen LogP contribution in [0.5, 0.6) is 5.75 Å². The van der Waals surface area contributed by atoms with Gasteiger partial charge in [-0.15, -0.1) is 0 Å². The highest BCUT2D eigenvalue weighted by molar-refractivity contribution is 5.60. The molecule has 33 heavy (non-hydrogen) atoms. The Morgan fingerprint density at radius 3 is 2.06 bits per heavy atom. The number of aryl methyl sites for hydroxylation is 1. The summed E-state index contributed by atoms with van der Waals surface area (Å²) in [5.41, 5.74) is 3.58. The molecule has 1 aliphatic carbocycles. The van der Waals surface area contributed by atoms with E-state index in [-0.39, 0.29) is 0 Å². The zero-order valence-electron chi connectivity index (χ0n) is 21.4. The fourth-order valence-corrected chi connectivity index (χ4v) is 5.14. The Labute approximate surface area is 203 Å². The van der Waals surface area contributed by atoms with Crippen LogP contribution in [0.4, 0.5) is 0 Å². The van der Waals surface area contributed by atoms with Crippen LogP contribution in [0.1, 0.15) is 109 Å². The highest BCUT2D eigenvalue weighted by atomic mass is 16.5. The Kier molecular flexibility index (Phi) is 11.8. The predicted molar refractivity (Wildman–Crippen MR) is 142 cm³/mol. The van der Waals surface area contributed by atoms with E-state index in [0.717, 1.165) is 36.3 Å². The van der Waals surface area contributed by atoms with Crippen molar-refractivity contribution in [2.75, 3.05) is 6.61 Å². The molecule has 0 bridgehead atoms. The van der Waals surface area contributed by atoms with Crippen molar-refractivity contribution in [2.24, 2.45) is 11.8 Å². The lowest BCUT2D eigenvalue weighted by molar-refractivity contribution is 0.178. The average molecular weight is 450 g/mol. The minimum absolute atomic E-state index is 0.730. The third kappa shape index (κ3) is 9.51. The number of benzene rings is 1. The first-order chi connectivity index (χ1) is 16.3. The van der Waals surface area contributed by atoms with Crippen molar-refractivity contribution in [1.82, 2.24) is 4.98 Å². The molecule has 1 aliphatic rings. The lowest BCUT2D eigenvalue weighted by atomic mass is 9.80. The van der Waals surface area contributed by atoms with Crippen LogP contribution in [-0.2, 0) is 6.42 Å². The summed E-state index contributed by atoms with van der Waals surface area (Å²) in [7, 11) is 0. The second-order valence-corrected chi connectivity index (χ2v) is 10.3. The fraction of sp³-hybridized carbons (Fsp3) is 0.645. The molecule has 0 atom stereocenters. The molecule has 0 N–H and O–H groups in total. The monoisotopic (exact) mass is 449 g/mol. The molecule has 2 heteroatoms. The first-order valence-corrected chi connectivity index (χ1v) is 14.0. The minimum Gasteiger partial charge on any atom is -0.493 e. The lowest BCUT2D eigenvalue weighted by Gasteiger charge is -2.28. The predicted octanol–water partition coefficient (Wildman–Crippen LogP) is 9.42. The smallest absolute Gasteiger partial charge is 0.119 e. The average Bonchev–Trinajstić information content (AvgIpc) is 2.87. The van der Waals surface area contributed by atoms with Crippen LogP contribution < -0.4 is 4.74 Å². The van der Waals surface area contributed by atoms with Gasteiger partial charge in [0.05, 0.1) is 12.3 Å². The molecule has 0 aliphatic heterocycles. The molecule has 2 aromatic rings. The van der Waals surface area contributed by atoms with Crippen molar-refractivity contribution >= 4 is 0 Å². The molecule has 0 amide bonds. The van der Waals surface area contributed by atoms with Crippen LogP contribution in [0.3, 0.4) is 0 Å². The molecular weight excluding hydrogens is 402 g/mol. The number of pyridine rings is 1. The minimum atomic E-state index is 0.730. The number of hydrogen-bond acceptors (Lipinski definition) is 2. The van der Waals surface area contributed by atoms with Crippen molar-refractivity contribution < 1.29 is 4.74 Å². The summed E-state index contributed by atoms with van der Waals surface area (Å²) in [6, 6.07) is 12.9. The third-order valence-electron chi connectivity index (χ3n) is 7.46. The molecule has 0 unspecified atom stereocenters. The van der Waals surface area contributed by atoms with E-state index in [2.05, 4.69) is 56.4 Å². The Balaban J connectivity index is 1.35. The van der Waals surface area contributed by atoms with Gasteiger partial charge in [0.15, 0.2) is 0 Å². The number of hydrogen-bond donors (Lipinski definition) is 0. The Morgan fingerprint density at radius 1 is 0.727 bits per heavy atom. The zero-order chi connectivity index (χ0) is 23.1. The maximum Gasteiger partial charge on any atom is 0.119 e. The van der Waals surface area contributed by atoms with E-state index in [1.165, 1.54) is 101 Å². The van der Waals surface area contributed by atoms with Gasteiger partial charge in [-0.25, -0.2) is 0 Å². The standard InChI is InChI=1S/C31H47NO/c1-3-5-7-8-9-10-11-13-27-18-23-31(32-24-27)29-19-21-30(22-20-29)33-25-28-16-14-26(15-17-28)12-6-4-2/h18-24,26,28H,3-17,25H2,1-2H3. The van der Waals surface area contributed by atoms with Gasteiger partial charge in [-0.1, -0.05) is 90.5 Å². The zero-order valence-corrected chi connectivity index (χ0v) is 21.4.